The number of anilines is 2. The van der Waals surface area contributed by atoms with Crippen LogP contribution in [-0.2, 0) is 22.7 Å². The van der Waals surface area contributed by atoms with Crippen LogP contribution in [0.25, 0.3) is 10.9 Å². The van der Waals surface area contributed by atoms with Gasteiger partial charge >= 0.3 is 0 Å². The lowest BCUT2D eigenvalue weighted by Crippen LogP contribution is -2.44. The lowest BCUT2D eigenvalue weighted by atomic mass is 9.95. The van der Waals surface area contributed by atoms with E-state index in [9.17, 15) is 9.59 Å². The second kappa shape index (κ2) is 18.4. The molecule has 1 atom stereocenters. The largest absolute Gasteiger partial charge is 0.367 e. The standard InChI is InChI=1S/C36H56N12O2/c37-31(35(50)42-27-12-13-27)14-15-33(49)47-22-16-28(17-23-47)41-34-30-10-4-5-11-32(30)43-36(44-34)40-24-29-25-48(46-45-29)21-7-19-38-18-6-20-39-26-8-2-1-3-9-26/h4-5,10-11,25-28,31,38-39H,1-3,6-9,12-24,37H2,(H,42,50)(H2,40,41,43,44)/t31-/m0/s1. The SMILES string of the molecule is N[C@@H](CCC(=O)N1CCC(Nc2nc(NCc3cn(CCCNCCCNC4CCCCC4)nn3)nc3ccccc23)CC1)C(=O)NC1CC1. The number of aromatic nitrogens is 5. The van der Waals surface area contributed by atoms with Gasteiger partial charge in [0.1, 0.15) is 11.5 Å². The number of aryl methyl sites for hydroxylation is 1. The fraction of sp³-hybridized carbons (Fsp3) is 0.667. The van der Waals surface area contributed by atoms with Gasteiger partial charge < -0.3 is 37.2 Å². The zero-order valence-corrected chi connectivity index (χ0v) is 29.4. The first kappa shape index (κ1) is 35.9. The molecular weight excluding hydrogens is 632 g/mol. The number of amides is 2. The zero-order chi connectivity index (χ0) is 34.5. The molecule has 3 aromatic rings. The van der Waals surface area contributed by atoms with E-state index < -0.39 is 6.04 Å². The van der Waals surface area contributed by atoms with Gasteiger partial charge in [-0.15, -0.1) is 5.10 Å². The number of para-hydroxylation sites is 1. The van der Waals surface area contributed by atoms with Crippen LogP contribution in [0.3, 0.4) is 0 Å². The summed E-state index contributed by atoms with van der Waals surface area (Å²) in [4.78, 5) is 36.5. The van der Waals surface area contributed by atoms with Crippen molar-refractivity contribution in [2.24, 2.45) is 5.73 Å². The van der Waals surface area contributed by atoms with Crippen molar-refractivity contribution in [3.05, 3.63) is 36.2 Å². The predicted molar refractivity (Wildman–Crippen MR) is 195 cm³/mol. The Balaban J connectivity index is 0.906. The summed E-state index contributed by atoms with van der Waals surface area (Å²) in [6.45, 7) is 5.67. The van der Waals surface area contributed by atoms with Crippen LogP contribution in [0.1, 0.15) is 89.2 Å². The molecule has 0 spiro atoms. The number of nitrogens with zero attached hydrogens (tertiary/aromatic N) is 6. The predicted octanol–water partition coefficient (Wildman–Crippen LogP) is 2.91. The Bertz CT molecular complexity index is 1510. The van der Waals surface area contributed by atoms with Crippen molar-refractivity contribution in [1.29, 1.82) is 0 Å². The monoisotopic (exact) mass is 688 g/mol. The average molecular weight is 689 g/mol. The van der Waals surface area contributed by atoms with E-state index in [1.807, 2.05) is 40.0 Å². The summed E-state index contributed by atoms with van der Waals surface area (Å²) < 4.78 is 1.90. The Morgan fingerprint density at radius 3 is 2.52 bits per heavy atom. The third-order valence-electron chi connectivity index (χ3n) is 10.0. The smallest absolute Gasteiger partial charge is 0.237 e. The van der Waals surface area contributed by atoms with E-state index >= 15 is 0 Å². The van der Waals surface area contributed by atoms with Crippen molar-refractivity contribution in [1.82, 2.24) is 45.8 Å². The number of hydrogen-bond donors (Lipinski definition) is 6. The van der Waals surface area contributed by atoms with Crippen LogP contribution in [0.5, 0.6) is 0 Å². The highest BCUT2D eigenvalue weighted by Gasteiger charge is 2.28. The van der Waals surface area contributed by atoms with Crippen LogP contribution in [0, 0.1) is 0 Å². The number of piperidine rings is 1. The number of carbonyl (C=O) groups is 2. The second-order valence-electron chi connectivity index (χ2n) is 14.2. The van der Waals surface area contributed by atoms with Crippen molar-refractivity contribution < 1.29 is 9.59 Å². The van der Waals surface area contributed by atoms with Crippen molar-refractivity contribution >= 4 is 34.5 Å². The van der Waals surface area contributed by atoms with E-state index in [0.717, 1.165) is 93.2 Å². The third kappa shape index (κ3) is 11.1. The Labute approximate surface area is 295 Å². The first-order valence-corrected chi connectivity index (χ1v) is 18.9. The van der Waals surface area contributed by atoms with Gasteiger partial charge in [0.25, 0.3) is 0 Å². The summed E-state index contributed by atoms with van der Waals surface area (Å²) in [5.41, 5.74) is 7.71. The Hall–Kier alpha value is -3.88. The van der Waals surface area contributed by atoms with Gasteiger partial charge in [-0.3, -0.25) is 14.3 Å². The summed E-state index contributed by atoms with van der Waals surface area (Å²) in [5.74, 6) is 1.20. The summed E-state index contributed by atoms with van der Waals surface area (Å²) in [6, 6.07) is 8.51. The summed E-state index contributed by atoms with van der Waals surface area (Å²) in [6.07, 6.45) is 15.2. The first-order chi connectivity index (χ1) is 24.5. The molecule has 14 heteroatoms. The van der Waals surface area contributed by atoms with E-state index in [4.69, 9.17) is 15.7 Å². The summed E-state index contributed by atoms with van der Waals surface area (Å²) >= 11 is 0. The lowest BCUT2D eigenvalue weighted by molar-refractivity contribution is -0.132. The van der Waals surface area contributed by atoms with Crippen molar-refractivity contribution in [3.8, 4) is 0 Å². The molecule has 3 heterocycles. The van der Waals surface area contributed by atoms with E-state index in [-0.39, 0.29) is 30.3 Å². The molecule has 1 saturated heterocycles. The number of benzene rings is 1. The highest BCUT2D eigenvalue weighted by atomic mass is 16.2. The van der Waals surface area contributed by atoms with Gasteiger partial charge in [-0.25, -0.2) is 4.98 Å². The van der Waals surface area contributed by atoms with Gasteiger partial charge in [0, 0.05) is 49.6 Å². The number of likely N-dealkylation sites (tertiary alicyclic amines) is 1. The van der Waals surface area contributed by atoms with Crippen LogP contribution in [-0.4, -0.2) is 98.6 Å². The average Bonchev–Trinajstić information content (AvgIpc) is 3.85. The van der Waals surface area contributed by atoms with Gasteiger partial charge in [-0.2, -0.15) is 4.98 Å². The molecule has 0 bridgehead atoms. The van der Waals surface area contributed by atoms with Crippen LogP contribution >= 0.6 is 0 Å². The normalized spacial score (nSPS) is 17.9. The molecule has 14 nitrogen and oxygen atoms in total. The van der Waals surface area contributed by atoms with E-state index in [1.165, 1.54) is 32.1 Å². The number of nitrogens with two attached hydrogens (primary N) is 1. The quantitative estimate of drug-likeness (QED) is 0.102. The van der Waals surface area contributed by atoms with Gasteiger partial charge in [0.15, 0.2) is 0 Å². The second-order valence-corrected chi connectivity index (χ2v) is 14.2. The topological polar surface area (TPSA) is 180 Å². The van der Waals surface area contributed by atoms with Crippen molar-refractivity contribution in [2.75, 3.05) is 43.4 Å². The number of hydrogen-bond acceptors (Lipinski definition) is 11. The highest BCUT2D eigenvalue weighted by Crippen LogP contribution is 2.25. The van der Waals surface area contributed by atoms with Crippen molar-refractivity contribution in [3.63, 3.8) is 0 Å². The zero-order valence-electron chi connectivity index (χ0n) is 29.4. The molecule has 2 saturated carbocycles. The summed E-state index contributed by atoms with van der Waals surface area (Å²) in [7, 11) is 0. The minimum Gasteiger partial charge on any atom is -0.367 e. The highest BCUT2D eigenvalue weighted by molar-refractivity contribution is 5.90. The number of rotatable bonds is 19. The molecule has 50 heavy (non-hydrogen) atoms. The minimum atomic E-state index is -0.639. The van der Waals surface area contributed by atoms with E-state index in [2.05, 4.69) is 36.9 Å². The fourth-order valence-electron chi connectivity index (χ4n) is 6.85. The van der Waals surface area contributed by atoms with Gasteiger partial charge in [0.05, 0.1) is 24.3 Å². The maximum absolute atomic E-state index is 12.9. The van der Waals surface area contributed by atoms with Crippen LogP contribution in [0.4, 0.5) is 11.8 Å². The maximum Gasteiger partial charge on any atom is 0.237 e. The van der Waals surface area contributed by atoms with Crippen LogP contribution in [0.15, 0.2) is 30.5 Å². The molecule has 6 rings (SSSR count). The van der Waals surface area contributed by atoms with Crippen molar-refractivity contribution in [2.45, 2.75) is 121 Å². The maximum atomic E-state index is 12.9. The molecule has 2 aliphatic carbocycles. The Morgan fingerprint density at radius 1 is 0.900 bits per heavy atom. The molecule has 1 aromatic carbocycles. The lowest BCUT2D eigenvalue weighted by Gasteiger charge is -2.33. The molecule has 2 aromatic heterocycles. The molecule has 0 radical (unpaired) electrons. The molecule has 272 valence electrons. The van der Waals surface area contributed by atoms with Crippen LogP contribution < -0.4 is 32.3 Å². The van der Waals surface area contributed by atoms with Gasteiger partial charge in [0.2, 0.25) is 17.8 Å². The molecule has 1 aliphatic heterocycles. The van der Waals surface area contributed by atoms with Gasteiger partial charge in [-0.1, -0.05) is 36.6 Å². The van der Waals surface area contributed by atoms with Gasteiger partial charge in [-0.05, 0) is 89.6 Å². The molecule has 3 fully saturated rings. The van der Waals surface area contributed by atoms with E-state index in [0.29, 0.717) is 32.0 Å². The molecule has 0 unspecified atom stereocenters. The Morgan fingerprint density at radius 2 is 1.70 bits per heavy atom. The summed E-state index contributed by atoms with van der Waals surface area (Å²) in [5, 5.41) is 26.8. The Kier molecular flexibility index (Phi) is 13.2. The van der Waals surface area contributed by atoms with Crippen LogP contribution in [0.2, 0.25) is 0 Å². The van der Waals surface area contributed by atoms with E-state index in [1.54, 1.807) is 0 Å². The molecule has 7 N–H and O–H groups in total. The fourth-order valence-corrected chi connectivity index (χ4v) is 6.85. The number of fused-ring (bicyclic) bond motifs is 1. The first-order valence-electron chi connectivity index (χ1n) is 18.9. The number of carbonyl (C=O) groups excluding carboxylic acids is 2. The molecule has 3 aliphatic rings. The molecular formula is C36H56N12O2. The third-order valence-corrected chi connectivity index (χ3v) is 10.0. The number of nitrogens with one attached hydrogen (secondary N) is 5. The molecule has 2 amide bonds. The minimum absolute atomic E-state index is 0.0544.